The van der Waals surface area contributed by atoms with Crippen molar-refractivity contribution in [2.45, 2.75) is 54.0 Å². The lowest BCUT2D eigenvalue weighted by atomic mass is 9.98. The van der Waals surface area contributed by atoms with E-state index in [1.165, 1.54) is 0 Å². The van der Waals surface area contributed by atoms with Crippen LogP contribution in [-0.2, 0) is 16.0 Å². The summed E-state index contributed by atoms with van der Waals surface area (Å²) in [5.41, 5.74) is 3.12. The highest BCUT2D eigenvalue weighted by atomic mass is 16.4. The molecule has 0 spiro atoms. The first-order valence-corrected chi connectivity index (χ1v) is 9.50. The second-order valence-electron chi connectivity index (χ2n) is 7.84. The molecule has 29 heavy (non-hydrogen) atoms. The molecule has 3 aromatic rings. The average Bonchev–Trinajstić information content (AvgIpc) is 2.92. The van der Waals surface area contributed by atoms with E-state index >= 15 is 0 Å². The number of furan rings is 1. The van der Waals surface area contributed by atoms with Gasteiger partial charge < -0.3 is 19.3 Å². The van der Waals surface area contributed by atoms with Crippen molar-refractivity contribution >= 4 is 33.8 Å². The van der Waals surface area contributed by atoms with Gasteiger partial charge in [-0.2, -0.15) is 0 Å². The minimum Gasteiger partial charge on any atom is -0.480 e. The van der Waals surface area contributed by atoms with Gasteiger partial charge in [0.2, 0.25) is 5.91 Å². The number of aryl methyl sites for hydroxylation is 4. The number of hydrogen-bond donors (Lipinski definition) is 2. The summed E-state index contributed by atoms with van der Waals surface area (Å²) >= 11 is 0. The molecule has 0 fully saturated rings. The Morgan fingerprint density at radius 2 is 1.59 bits per heavy atom. The molecule has 2 N–H and O–H groups in total. The number of amides is 1. The highest BCUT2D eigenvalue weighted by Gasteiger charge is 2.25. The molecule has 3 rings (SSSR count). The molecule has 1 amide bonds. The van der Waals surface area contributed by atoms with E-state index in [1.807, 2.05) is 26.8 Å². The molecule has 0 unspecified atom stereocenters. The largest absolute Gasteiger partial charge is 0.480 e. The van der Waals surface area contributed by atoms with Crippen molar-refractivity contribution in [3.63, 3.8) is 0 Å². The maximum atomic E-state index is 12.6. The molecule has 0 aliphatic rings. The summed E-state index contributed by atoms with van der Waals surface area (Å²) in [7, 11) is 0. The monoisotopic (exact) mass is 399 g/mol. The summed E-state index contributed by atoms with van der Waals surface area (Å²) in [4.78, 5) is 36.4. The third-order valence-electron chi connectivity index (χ3n) is 5.53. The number of carboxylic acids is 1. The number of carbonyl (C=O) groups is 2. The van der Waals surface area contributed by atoms with Crippen molar-refractivity contribution < 1.29 is 23.5 Å². The minimum atomic E-state index is -1.11. The molecule has 2 heterocycles. The average molecular weight is 399 g/mol. The zero-order chi connectivity index (χ0) is 21.6. The number of hydrogen-bond acceptors (Lipinski definition) is 5. The van der Waals surface area contributed by atoms with Crippen LogP contribution in [0.15, 0.2) is 19.7 Å². The van der Waals surface area contributed by atoms with Gasteiger partial charge in [0.05, 0.1) is 12.0 Å². The summed E-state index contributed by atoms with van der Waals surface area (Å²) in [6, 6.07) is 0.894. The zero-order valence-electron chi connectivity index (χ0n) is 17.4. The number of carboxylic acid groups (broad SMARTS) is 1. The van der Waals surface area contributed by atoms with E-state index in [-0.39, 0.29) is 17.9 Å². The Labute approximate surface area is 167 Å². The standard InChI is InChI=1S/C22H25NO6/c1-9(2)18(21(25)26)23-17(24)8-16-11(4)15-7-14-10(3)13(6)28-19(14)12(5)20(15)29-22(16)27/h7,9,18H,8H2,1-6H3,(H,23,24)(H,25,26)/t18-/m0/s1. The third-order valence-corrected chi connectivity index (χ3v) is 5.53. The minimum absolute atomic E-state index is 0.222. The third kappa shape index (κ3) is 3.52. The molecule has 0 radical (unpaired) electrons. The van der Waals surface area contributed by atoms with Crippen LogP contribution in [0.5, 0.6) is 0 Å². The van der Waals surface area contributed by atoms with Crippen LogP contribution in [0, 0.1) is 33.6 Å². The first kappa shape index (κ1) is 20.6. The molecule has 7 heteroatoms. The van der Waals surface area contributed by atoms with Crippen LogP contribution in [0.25, 0.3) is 21.9 Å². The van der Waals surface area contributed by atoms with Crippen LogP contribution >= 0.6 is 0 Å². The van der Waals surface area contributed by atoms with Crippen molar-refractivity contribution in [3.8, 4) is 0 Å². The molecular formula is C22H25NO6. The number of aliphatic carboxylic acids is 1. The molecule has 0 aliphatic heterocycles. The summed E-state index contributed by atoms with van der Waals surface area (Å²) in [6.07, 6.45) is -0.249. The lowest BCUT2D eigenvalue weighted by molar-refractivity contribution is -0.143. The predicted octanol–water partition coefficient (Wildman–Crippen LogP) is 3.54. The van der Waals surface area contributed by atoms with E-state index in [2.05, 4.69) is 5.32 Å². The van der Waals surface area contributed by atoms with Gasteiger partial charge in [-0.15, -0.1) is 0 Å². The molecule has 2 aromatic heterocycles. The van der Waals surface area contributed by atoms with E-state index in [0.717, 1.165) is 27.7 Å². The first-order chi connectivity index (χ1) is 13.5. The van der Waals surface area contributed by atoms with Crippen LogP contribution < -0.4 is 10.9 Å². The Hall–Kier alpha value is -3.09. The number of benzene rings is 1. The van der Waals surface area contributed by atoms with Crippen molar-refractivity contribution in [2.24, 2.45) is 5.92 Å². The predicted molar refractivity (Wildman–Crippen MR) is 109 cm³/mol. The molecule has 0 bridgehead atoms. The second kappa shape index (κ2) is 7.39. The van der Waals surface area contributed by atoms with Gasteiger partial charge in [0, 0.05) is 16.3 Å². The quantitative estimate of drug-likeness (QED) is 0.635. The summed E-state index contributed by atoms with van der Waals surface area (Å²) < 4.78 is 11.4. The number of carbonyl (C=O) groups excluding carboxylic acids is 1. The lowest BCUT2D eigenvalue weighted by Crippen LogP contribution is -2.45. The van der Waals surface area contributed by atoms with Gasteiger partial charge in [-0.05, 0) is 50.8 Å². The van der Waals surface area contributed by atoms with E-state index in [9.17, 15) is 19.5 Å². The van der Waals surface area contributed by atoms with Gasteiger partial charge in [-0.3, -0.25) is 4.79 Å². The van der Waals surface area contributed by atoms with Crippen LogP contribution in [0.3, 0.4) is 0 Å². The summed E-state index contributed by atoms with van der Waals surface area (Å²) in [5, 5.41) is 13.4. The lowest BCUT2D eigenvalue weighted by Gasteiger charge is -2.18. The van der Waals surface area contributed by atoms with Gasteiger partial charge in [0.1, 0.15) is 23.0 Å². The van der Waals surface area contributed by atoms with Crippen molar-refractivity contribution in [2.75, 3.05) is 0 Å². The molecule has 1 atom stereocenters. The van der Waals surface area contributed by atoms with Gasteiger partial charge >= 0.3 is 11.6 Å². The van der Waals surface area contributed by atoms with E-state index in [1.54, 1.807) is 20.8 Å². The Balaban J connectivity index is 2.09. The number of fused-ring (bicyclic) bond motifs is 2. The topological polar surface area (TPSA) is 110 Å². The fourth-order valence-corrected chi connectivity index (χ4v) is 3.60. The SMILES string of the molecule is Cc1oc2c(C)c3oc(=O)c(CC(=O)N[C@H](C(=O)O)C(C)C)c(C)c3cc2c1C. The first-order valence-electron chi connectivity index (χ1n) is 9.50. The molecule has 0 saturated heterocycles. The van der Waals surface area contributed by atoms with Crippen LogP contribution in [-0.4, -0.2) is 23.0 Å². The Morgan fingerprint density at radius 3 is 2.17 bits per heavy atom. The van der Waals surface area contributed by atoms with Crippen molar-refractivity contribution in [3.05, 3.63) is 44.5 Å². The molecule has 1 aromatic carbocycles. The maximum absolute atomic E-state index is 12.6. The normalized spacial score (nSPS) is 12.7. The molecule has 0 saturated carbocycles. The Morgan fingerprint density at radius 1 is 1.00 bits per heavy atom. The number of rotatable bonds is 5. The Bertz CT molecular complexity index is 1200. The van der Waals surface area contributed by atoms with Crippen LogP contribution in [0.2, 0.25) is 0 Å². The summed E-state index contributed by atoms with van der Waals surface area (Å²) in [5.74, 6) is -1.13. The molecular weight excluding hydrogens is 374 g/mol. The maximum Gasteiger partial charge on any atom is 0.340 e. The molecule has 0 aliphatic carbocycles. The van der Waals surface area contributed by atoms with Crippen LogP contribution in [0.1, 0.15) is 41.9 Å². The van der Waals surface area contributed by atoms with Crippen molar-refractivity contribution in [1.82, 2.24) is 5.32 Å². The smallest absolute Gasteiger partial charge is 0.340 e. The van der Waals surface area contributed by atoms with Crippen molar-refractivity contribution in [1.29, 1.82) is 0 Å². The van der Waals surface area contributed by atoms with Gasteiger partial charge in [0.15, 0.2) is 0 Å². The molecule has 154 valence electrons. The van der Waals surface area contributed by atoms with Gasteiger partial charge in [-0.25, -0.2) is 9.59 Å². The van der Waals surface area contributed by atoms with Crippen LogP contribution in [0.4, 0.5) is 0 Å². The fraction of sp³-hybridized carbons (Fsp3) is 0.409. The van der Waals surface area contributed by atoms with E-state index < -0.39 is 23.5 Å². The van der Waals surface area contributed by atoms with E-state index in [4.69, 9.17) is 8.83 Å². The fourth-order valence-electron chi connectivity index (χ4n) is 3.60. The second-order valence-corrected chi connectivity index (χ2v) is 7.84. The van der Waals surface area contributed by atoms with E-state index in [0.29, 0.717) is 16.7 Å². The van der Waals surface area contributed by atoms with Gasteiger partial charge in [-0.1, -0.05) is 13.8 Å². The summed E-state index contributed by atoms with van der Waals surface area (Å²) in [6.45, 7) is 10.9. The zero-order valence-corrected chi connectivity index (χ0v) is 17.4. The number of nitrogens with one attached hydrogen (secondary N) is 1. The molecule has 7 nitrogen and oxygen atoms in total. The Kier molecular flexibility index (Phi) is 5.26. The highest BCUT2D eigenvalue weighted by Crippen LogP contribution is 2.34. The van der Waals surface area contributed by atoms with Gasteiger partial charge in [0.25, 0.3) is 0 Å². The highest BCUT2D eigenvalue weighted by molar-refractivity contribution is 6.00.